The molecule has 0 radical (unpaired) electrons. The molecule has 3 nitrogen and oxygen atoms in total. The molecule has 4 aliphatic carbocycles. The number of rotatable bonds is 2. The number of hydrogen-bond donors (Lipinski definition) is 1. The van der Waals surface area contributed by atoms with E-state index in [4.69, 9.17) is 12.2 Å². The van der Waals surface area contributed by atoms with Crippen LogP contribution in [0.1, 0.15) is 65.1 Å². The van der Waals surface area contributed by atoms with Crippen LogP contribution in [0.2, 0.25) is 0 Å². The molecule has 1 aromatic rings. The molecule has 0 spiro atoms. The average molecular weight is 305 g/mol. The number of H-pyrrole nitrogens is 1. The van der Waals surface area contributed by atoms with Crippen LogP contribution in [0.5, 0.6) is 0 Å². The molecule has 0 unspecified atom stereocenters. The Bertz CT molecular complexity index is 569. The van der Waals surface area contributed by atoms with Crippen LogP contribution in [-0.4, -0.2) is 14.8 Å². The van der Waals surface area contributed by atoms with E-state index in [9.17, 15) is 0 Å². The van der Waals surface area contributed by atoms with Crippen LogP contribution in [0.4, 0.5) is 0 Å². The Morgan fingerprint density at radius 3 is 2.14 bits per heavy atom. The fourth-order valence-corrected chi connectivity index (χ4v) is 6.41. The molecule has 116 valence electrons. The molecule has 4 aliphatic rings. The van der Waals surface area contributed by atoms with Gasteiger partial charge in [-0.2, -0.15) is 5.10 Å². The molecule has 0 atom stereocenters. The first-order chi connectivity index (χ1) is 9.85. The van der Waals surface area contributed by atoms with Crippen molar-refractivity contribution in [2.75, 3.05) is 0 Å². The van der Waals surface area contributed by atoms with Gasteiger partial charge in [0.05, 0.1) is 0 Å². The summed E-state index contributed by atoms with van der Waals surface area (Å²) in [5.41, 5.74) is 0.542. The van der Waals surface area contributed by atoms with E-state index in [1.165, 1.54) is 44.3 Å². The predicted molar refractivity (Wildman–Crippen MR) is 86.7 cm³/mol. The lowest BCUT2D eigenvalue weighted by Gasteiger charge is -2.57. The van der Waals surface area contributed by atoms with Gasteiger partial charge in [-0.1, -0.05) is 0 Å². The summed E-state index contributed by atoms with van der Waals surface area (Å²) in [4.78, 5) is 0. The van der Waals surface area contributed by atoms with Crippen LogP contribution >= 0.6 is 12.2 Å². The minimum atomic E-state index is 0.0156. The van der Waals surface area contributed by atoms with E-state index in [1.54, 1.807) is 0 Å². The van der Waals surface area contributed by atoms with Gasteiger partial charge in [0.1, 0.15) is 5.82 Å². The number of nitrogens with one attached hydrogen (secondary N) is 1. The minimum Gasteiger partial charge on any atom is -0.299 e. The van der Waals surface area contributed by atoms with Crippen molar-refractivity contribution < 1.29 is 0 Å². The normalized spacial score (nSPS) is 38.1. The van der Waals surface area contributed by atoms with Gasteiger partial charge < -0.3 is 0 Å². The SMILES string of the molecule is CC(C)(C)n1c(CC23CC4CC(CC(C4)C2)C3)n[nH]c1=S. The lowest BCUT2D eigenvalue weighted by Crippen LogP contribution is -2.47. The average Bonchev–Trinajstić information content (AvgIpc) is 2.67. The molecule has 0 aliphatic heterocycles. The summed E-state index contributed by atoms with van der Waals surface area (Å²) >= 11 is 5.48. The highest BCUT2D eigenvalue weighted by molar-refractivity contribution is 7.71. The maximum Gasteiger partial charge on any atom is 0.195 e. The maximum atomic E-state index is 5.48. The Hall–Kier alpha value is -0.640. The summed E-state index contributed by atoms with van der Waals surface area (Å²) in [6, 6.07) is 0. The zero-order valence-corrected chi connectivity index (χ0v) is 14.3. The molecule has 4 bridgehead atoms. The highest BCUT2D eigenvalue weighted by Crippen LogP contribution is 2.61. The molecular formula is C17H27N3S. The first-order valence-corrected chi connectivity index (χ1v) is 8.92. The van der Waals surface area contributed by atoms with E-state index in [1.807, 2.05) is 0 Å². The Morgan fingerprint density at radius 2 is 1.67 bits per heavy atom. The van der Waals surface area contributed by atoms with Crippen molar-refractivity contribution in [3.05, 3.63) is 10.6 Å². The zero-order chi connectivity index (χ0) is 14.8. The minimum absolute atomic E-state index is 0.0156. The summed E-state index contributed by atoms with van der Waals surface area (Å²) in [5, 5.41) is 7.65. The molecule has 4 heteroatoms. The van der Waals surface area contributed by atoms with Gasteiger partial charge in [0.15, 0.2) is 4.77 Å². The molecule has 1 aromatic heterocycles. The van der Waals surface area contributed by atoms with Gasteiger partial charge in [-0.15, -0.1) is 0 Å². The van der Waals surface area contributed by atoms with Crippen LogP contribution in [-0.2, 0) is 12.0 Å². The Kier molecular flexibility index (Phi) is 2.95. The highest BCUT2D eigenvalue weighted by atomic mass is 32.1. The fourth-order valence-electron chi connectivity index (χ4n) is 5.98. The molecule has 0 saturated heterocycles. The van der Waals surface area contributed by atoms with E-state index < -0.39 is 0 Å². The van der Waals surface area contributed by atoms with E-state index in [0.29, 0.717) is 5.41 Å². The third kappa shape index (κ3) is 2.30. The second kappa shape index (κ2) is 4.43. The lowest BCUT2D eigenvalue weighted by molar-refractivity contribution is -0.0538. The second-order valence-electron chi connectivity index (χ2n) is 9.05. The topological polar surface area (TPSA) is 33.6 Å². The van der Waals surface area contributed by atoms with Crippen LogP contribution in [0.3, 0.4) is 0 Å². The van der Waals surface area contributed by atoms with Gasteiger partial charge >= 0.3 is 0 Å². The molecule has 1 heterocycles. The third-order valence-electron chi connectivity index (χ3n) is 6.11. The summed E-state index contributed by atoms with van der Waals surface area (Å²) in [5.74, 6) is 4.19. The smallest absolute Gasteiger partial charge is 0.195 e. The standard InChI is InChI=1S/C17H27N3S/c1-16(2,3)20-14(18-19-15(20)21)10-17-7-11-4-12(8-17)6-13(5-11)9-17/h11-13H,4-10H2,1-3H3,(H,19,21). The van der Waals surface area contributed by atoms with Gasteiger partial charge in [0.25, 0.3) is 0 Å². The first kappa shape index (κ1) is 14.0. The molecule has 0 amide bonds. The van der Waals surface area contributed by atoms with Crippen LogP contribution in [0, 0.1) is 27.9 Å². The van der Waals surface area contributed by atoms with Crippen molar-refractivity contribution >= 4 is 12.2 Å². The van der Waals surface area contributed by atoms with Crippen molar-refractivity contribution in [1.82, 2.24) is 14.8 Å². The van der Waals surface area contributed by atoms with Gasteiger partial charge in [-0.05, 0) is 94.7 Å². The Balaban J connectivity index is 1.67. The number of aromatic nitrogens is 3. The zero-order valence-electron chi connectivity index (χ0n) is 13.5. The van der Waals surface area contributed by atoms with Gasteiger partial charge in [-0.25, -0.2) is 0 Å². The monoisotopic (exact) mass is 305 g/mol. The highest BCUT2D eigenvalue weighted by Gasteiger charge is 2.51. The molecule has 4 fully saturated rings. The van der Waals surface area contributed by atoms with Gasteiger partial charge in [0, 0.05) is 12.0 Å². The number of aromatic amines is 1. The Morgan fingerprint density at radius 1 is 1.14 bits per heavy atom. The third-order valence-corrected chi connectivity index (χ3v) is 6.38. The largest absolute Gasteiger partial charge is 0.299 e. The number of nitrogens with zero attached hydrogens (tertiary/aromatic N) is 2. The molecule has 4 saturated carbocycles. The second-order valence-corrected chi connectivity index (χ2v) is 9.43. The summed E-state index contributed by atoms with van der Waals surface area (Å²) in [6.45, 7) is 6.67. The molecule has 5 rings (SSSR count). The van der Waals surface area contributed by atoms with Crippen molar-refractivity contribution in [3.8, 4) is 0 Å². The molecular weight excluding hydrogens is 278 g/mol. The van der Waals surface area contributed by atoms with Crippen molar-refractivity contribution in [3.63, 3.8) is 0 Å². The quantitative estimate of drug-likeness (QED) is 0.819. The first-order valence-electron chi connectivity index (χ1n) is 8.51. The van der Waals surface area contributed by atoms with Crippen LogP contribution < -0.4 is 0 Å². The van der Waals surface area contributed by atoms with Crippen molar-refractivity contribution in [1.29, 1.82) is 0 Å². The van der Waals surface area contributed by atoms with Crippen LogP contribution in [0.15, 0.2) is 0 Å². The fraction of sp³-hybridized carbons (Fsp3) is 0.882. The van der Waals surface area contributed by atoms with Crippen molar-refractivity contribution in [2.24, 2.45) is 23.2 Å². The lowest BCUT2D eigenvalue weighted by atomic mass is 9.49. The Labute approximate surface area is 132 Å². The van der Waals surface area contributed by atoms with E-state index in [0.717, 1.165) is 28.9 Å². The summed E-state index contributed by atoms with van der Waals surface area (Å²) in [6.07, 6.45) is 9.94. The molecule has 0 aromatic carbocycles. The van der Waals surface area contributed by atoms with Gasteiger partial charge in [-0.3, -0.25) is 9.67 Å². The summed E-state index contributed by atoms with van der Waals surface area (Å²) in [7, 11) is 0. The van der Waals surface area contributed by atoms with E-state index in [-0.39, 0.29) is 5.54 Å². The predicted octanol–water partition coefficient (Wildman–Crippen LogP) is 4.45. The van der Waals surface area contributed by atoms with Crippen LogP contribution in [0.25, 0.3) is 0 Å². The maximum absolute atomic E-state index is 5.48. The summed E-state index contributed by atoms with van der Waals surface area (Å²) < 4.78 is 3.03. The molecule has 21 heavy (non-hydrogen) atoms. The molecule has 1 N–H and O–H groups in total. The number of hydrogen-bond acceptors (Lipinski definition) is 2. The van der Waals surface area contributed by atoms with Crippen molar-refractivity contribution in [2.45, 2.75) is 71.3 Å². The van der Waals surface area contributed by atoms with E-state index in [2.05, 4.69) is 35.5 Å². The van der Waals surface area contributed by atoms with E-state index >= 15 is 0 Å². The van der Waals surface area contributed by atoms with Gasteiger partial charge in [0.2, 0.25) is 0 Å².